The lowest BCUT2D eigenvalue weighted by Gasteiger charge is -2.25. The van der Waals surface area contributed by atoms with Gasteiger partial charge in [-0.2, -0.15) is 0 Å². The maximum atomic E-state index is 12.1. The second kappa shape index (κ2) is 7.36. The van der Waals surface area contributed by atoms with Crippen molar-refractivity contribution in [3.8, 4) is 0 Å². The number of hydrogen-bond donors (Lipinski definition) is 2. The van der Waals surface area contributed by atoms with Crippen LogP contribution < -0.4 is 5.32 Å². The highest BCUT2D eigenvalue weighted by Gasteiger charge is 2.28. The van der Waals surface area contributed by atoms with E-state index in [2.05, 4.69) is 5.32 Å². The molecule has 0 spiro atoms. The molecule has 1 unspecified atom stereocenters. The molecule has 1 rings (SSSR count). The fourth-order valence-electron chi connectivity index (χ4n) is 2.09. The number of aliphatic carboxylic acids is 1. The largest absolute Gasteiger partial charge is 0.480 e. The predicted octanol–water partition coefficient (Wildman–Crippen LogP) is 2.32. The summed E-state index contributed by atoms with van der Waals surface area (Å²) in [7, 11) is 0. The summed E-state index contributed by atoms with van der Waals surface area (Å²) in [4.78, 5) is 25.1. The van der Waals surface area contributed by atoms with E-state index in [9.17, 15) is 9.59 Å². The molecule has 0 bridgehead atoms. The van der Waals surface area contributed by atoms with E-state index < -0.39 is 12.0 Å². The molecule has 0 heterocycles. The van der Waals surface area contributed by atoms with Gasteiger partial charge in [0.05, 0.1) is 0 Å². The molecule has 0 aromatic carbocycles. The Morgan fingerprint density at radius 1 is 1.37 bits per heavy atom. The van der Waals surface area contributed by atoms with Gasteiger partial charge in [-0.3, -0.25) is 0 Å². The van der Waals surface area contributed by atoms with Crippen LogP contribution in [0.25, 0.3) is 0 Å². The molecule has 2 N–H and O–H groups in total. The summed E-state index contributed by atoms with van der Waals surface area (Å²) in [5, 5.41) is 11.8. The van der Waals surface area contributed by atoms with Crippen molar-refractivity contribution in [3.05, 3.63) is 0 Å². The molecular formula is C14H26N2O3. The summed E-state index contributed by atoms with van der Waals surface area (Å²) < 4.78 is 0. The number of carbonyl (C=O) groups is 2. The molecule has 5 nitrogen and oxygen atoms in total. The maximum absolute atomic E-state index is 12.1. The van der Waals surface area contributed by atoms with E-state index >= 15 is 0 Å². The number of amides is 2. The highest BCUT2D eigenvalue weighted by Crippen LogP contribution is 2.29. The van der Waals surface area contributed by atoms with Crippen molar-refractivity contribution in [2.75, 3.05) is 13.1 Å². The van der Waals surface area contributed by atoms with Crippen LogP contribution >= 0.6 is 0 Å². The lowest BCUT2D eigenvalue weighted by atomic mass is 10.0. The first-order valence-electron chi connectivity index (χ1n) is 7.22. The third-order valence-corrected chi connectivity index (χ3v) is 3.26. The molecule has 1 saturated carbocycles. The van der Waals surface area contributed by atoms with Crippen LogP contribution in [0, 0.1) is 11.8 Å². The zero-order valence-corrected chi connectivity index (χ0v) is 12.2. The first kappa shape index (κ1) is 15.8. The molecule has 1 aliphatic rings. The molecule has 0 radical (unpaired) electrons. The number of nitrogens with one attached hydrogen (secondary N) is 1. The van der Waals surface area contributed by atoms with E-state index in [1.54, 1.807) is 4.90 Å². The molecule has 110 valence electrons. The third kappa shape index (κ3) is 5.94. The van der Waals surface area contributed by atoms with Crippen LogP contribution in [0.2, 0.25) is 0 Å². The van der Waals surface area contributed by atoms with Crippen molar-refractivity contribution in [1.82, 2.24) is 10.2 Å². The van der Waals surface area contributed by atoms with Crippen molar-refractivity contribution < 1.29 is 14.7 Å². The summed E-state index contributed by atoms with van der Waals surface area (Å²) in [5.74, 6) is -0.0972. The Balaban J connectivity index is 2.53. The van der Waals surface area contributed by atoms with Crippen LogP contribution in [0.4, 0.5) is 4.79 Å². The number of hydrogen-bond acceptors (Lipinski definition) is 2. The minimum atomic E-state index is -0.954. The SMILES string of the molecule is CCCN(CC1CC1)C(=O)NC(CC(C)C)C(=O)O. The minimum Gasteiger partial charge on any atom is -0.480 e. The van der Waals surface area contributed by atoms with Crippen LogP contribution in [0.15, 0.2) is 0 Å². The summed E-state index contributed by atoms with van der Waals surface area (Å²) in [6, 6.07) is -1.02. The molecule has 0 aliphatic heterocycles. The van der Waals surface area contributed by atoms with Crippen LogP contribution in [0.3, 0.4) is 0 Å². The average Bonchev–Trinajstić information content (AvgIpc) is 3.10. The zero-order valence-electron chi connectivity index (χ0n) is 12.2. The average molecular weight is 270 g/mol. The van der Waals surface area contributed by atoms with Gasteiger partial charge < -0.3 is 15.3 Å². The zero-order chi connectivity index (χ0) is 14.4. The van der Waals surface area contributed by atoms with E-state index in [0.717, 1.165) is 13.0 Å². The fourth-order valence-corrected chi connectivity index (χ4v) is 2.09. The van der Waals surface area contributed by atoms with Crippen LogP contribution in [0.1, 0.15) is 46.5 Å². The molecule has 5 heteroatoms. The van der Waals surface area contributed by atoms with Crippen molar-refractivity contribution in [2.24, 2.45) is 11.8 Å². The number of nitrogens with zero attached hydrogens (tertiary/aromatic N) is 1. The van der Waals surface area contributed by atoms with Gasteiger partial charge in [-0.05, 0) is 37.5 Å². The number of urea groups is 1. The Labute approximate surface area is 115 Å². The monoisotopic (exact) mass is 270 g/mol. The number of carbonyl (C=O) groups excluding carboxylic acids is 1. The lowest BCUT2D eigenvalue weighted by Crippen LogP contribution is -2.49. The molecule has 19 heavy (non-hydrogen) atoms. The Morgan fingerprint density at radius 3 is 2.42 bits per heavy atom. The minimum absolute atomic E-state index is 0.234. The Kier molecular flexibility index (Phi) is 6.12. The first-order valence-corrected chi connectivity index (χ1v) is 7.22. The van der Waals surface area contributed by atoms with Gasteiger partial charge in [0.15, 0.2) is 0 Å². The van der Waals surface area contributed by atoms with Crippen LogP contribution in [0.5, 0.6) is 0 Å². The summed E-state index contributed by atoms with van der Waals surface area (Å²) >= 11 is 0. The molecule has 0 saturated heterocycles. The van der Waals surface area contributed by atoms with Gasteiger partial charge in [0.2, 0.25) is 0 Å². The van der Waals surface area contributed by atoms with Crippen molar-refractivity contribution in [2.45, 2.75) is 52.5 Å². The van der Waals surface area contributed by atoms with Gasteiger partial charge in [0.1, 0.15) is 6.04 Å². The topological polar surface area (TPSA) is 69.6 Å². The number of carboxylic acid groups (broad SMARTS) is 1. The Bertz CT molecular complexity index is 314. The Morgan fingerprint density at radius 2 is 2.00 bits per heavy atom. The standard InChI is InChI=1S/C14H26N2O3/c1-4-7-16(9-11-5-6-11)14(19)15-12(13(17)18)8-10(2)3/h10-12H,4-9H2,1-3H3,(H,15,19)(H,17,18). The molecule has 2 amide bonds. The fraction of sp³-hybridized carbons (Fsp3) is 0.857. The Hall–Kier alpha value is -1.26. The van der Waals surface area contributed by atoms with Gasteiger partial charge >= 0.3 is 12.0 Å². The molecule has 0 aromatic heterocycles. The third-order valence-electron chi connectivity index (χ3n) is 3.26. The highest BCUT2D eigenvalue weighted by atomic mass is 16.4. The van der Waals surface area contributed by atoms with Crippen LogP contribution in [-0.4, -0.2) is 41.1 Å². The van der Waals surface area contributed by atoms with Crippen molar-refractivity contribution in [1.29, 1.82) is 0 Å². The van der Waals surface area contributed by atoms with E-state index in [-0.39, 0.29) is 11.9 Å². The van der Waals surface area contributed by atoms with Gasteiger partial charge in [-0.25, -0.2) is 9.59 Å². The summed E-state index contributed by atoms with van der Waals surface area (Å²) in [5.41, 5.74) is 0. The van der Waals surface area contributed by atoms with Crippen molar-refractivity contribution >= 4 is 12.0 Å². The second-order valence-electron chi connectivity index (χ2n) is 5.86. The van der Waals surface area contributed by atoms with Gasteiger partial charge in [0, 0.05) is 13.1 Å². The molecule has 1 fully saturated rings. The lowest BCUT2D eigenvalue weighted by molar-refractivity contribution is -0.139. The first-order chi connectivity index (χ1) is 8.93. The van der Waals surface area contributed by atoms with Gasteiger partial charge in [-0.1, -0.05) is 20.8 Å². The van der Waals surface area contributed by atoms with E-state index in [1.807, 2.05) is 20.8 Å². The van der Waals surface area contributed by atoms with E-state index in [0.29, 0.717) is 18.9 Å². The van der Waals surface area contributed by atoms with Gasteiger partial charge in [-0.15, -0.1) is 0 Å². The van der Waals surface area contributed by atoms with Crippen molar-refractivity contribution in [3.63, 3.8) is 0 Å². The van der Waals surface area contributed by atoms with E-state index in [4.69, 9.17) is 5.11 Å². The quantitative estimate of drug-likeness (QED) is 0.711. The number of rotatable bonds is 8. The summed E-state index contributed by atoms with van der Waals surface area (Å²) in [6.45, 7) is 7.38. The molecular weight excluding hydrogens is 244 g/mol. The smallest absolute Gasteiger partial charge is 0.326 e. The molecule has 1 atom stereocenters. The number of carboxylic acids is 1. The second-order valence-corrected chi connectivity index (χ2v) is 5.86. The highest BCUT2D eigenvalue weighted by molar-refractivity contribution is 5.82. The van der Waals surface area contributed by atoms with E-state index in [1.165, 1.54) is 12.8 Å². The maximum Gasteiger partial charge on any atom is 0.326 e. The summed E-state index contributed by atoms with van der Waals surface area (Å²) in [6.07, 6.45) is 3.72. The predicted molar refractivity (Wildman–Crippen MR) is 74.0 cm³/mol. The van der Waals surface area contributed by atoms with Gasteiger partial charge in [0.25, 0.3) is 0 Å². The normalized spacial score (nSPS) is 16.2. The van der Waals surface area contributed by atoms with Crippen LogP contribution in [-0.2, 0) is 4.79 Å². The molecule has 1 aliphatic carbocycles. The molecule has 0 aromatic rings.